The van der Waals surface area contributed by atoms with Gasteiger partial charge in [-0.2, -0.15) is 0 Å². The fourth-order valence-corrected chi connectivity index (χ4v) is 1.93. The average molecular weight is 339 g/mol. The molecule has 1 aromatic carbocycles. The maximum absolute atomic E-state index is 12.2. The number of nitro benzene ring substituents is 1. The minimum absolute atomic E-state index is 0.0708. The lowest BCUT2D eigenvalue weighted by Crippen LogP contribution is -2.42. The zero-order valence-electron chi connectivity index (χ0n) is 13.9. The predicted octanol–water partition coefficient (Wildman–Crippen LogP) is 0.967. The highest BCUT2D eigenvalue weighted by Gasteiger charge is 2.18. The van der Waals surface area contributed by atoms with E-state index in [0.717, 1.165) is 0 Å². The molecule has 0 aliphatic heterocycles. The molecule has 132 valence electrons. The zero-order valence-corrected chi connectivity index (χ0v) is 13.9. The molecule has 9 heteroatoms. The fraction of sp³-hybridized carbons (Fsp3) is 0.467. The van der Waals surface area contributed by atoms with Crippen LogP contribution in [0.1, 0.15) is 13.8 Å². The lowest BCUT2D eigenvalue weighted by Gasteiger charge is -2.20. The van der Waals surface area contributed by atoms with Gasteiger partial charge in [0.25, 0.3) is 11.6 Å². The Morgan fingerprint density at radius 1 is 1.29 bits per heavy atom. The maximum Gasteiger partial charge on any atom is 0.273 e. The Labute approximate surface area is 139 Å². The number of methoxy groups -OCH3 is 1. The minimum Gasteiger partial charge on any atom is -0.493 e. The van der Waals surface area contributed by atoms with Gasteiger partial charge in [-0.15, -0.1) is 0 Å². The smallest absolute Gasteiger partial charge is 0.273 e. The number of ether oxygens (including phenoxy) is 2. The Morgan fingerprint density at radius 3 is 2.54 bits per heavy atom. The summed E-state index contributed by atoms with van der Waals surface area (Å²) < 4.78 is 10.4. The molecule has 0 atom stereocenters. The summed E-state index contributed by atoms with van der Waals surface area (Å²) in [7, 11) is 1.39. The number of nitrogens with zero attached hydrogens (tertiary/aromatic N) is 2. The quantitative estimate of drug-likeness (QED) is 0.530. The molecule has 0 fully saturated rings. The van der Waals surface area contributed by atoms with Gasteiger partial charge in [0, 0.05) is 19.2 Å². The zero-order chi connectivity index (χ0) is 18.1. The standard InChI is InChI=1S/C15H21N3O6/c1-4-16-14(19)9-17(5-2)15(20)10-24-13-8-11(18(21)22)6-7-12(13)23-3/h6-8H,4-5,9-10H2,1-3H3,(H,16,19). The molecule has 1 aromatic rings. The number of non-ortho nitro benzene ring substituents is 1. The largest absolute Gasteiger partial charge is 0.493 e. The van der Waals surface area contributed by atoms with Gasteiger partial charge in [-0.1, -0.05) is 0 Å². The second-order valence-corrected chi connectivity index (χ2v) is 4.74. The molecule has 0 unspecified atom stereocenters. The van der Waals surface area contributed by atoms with Crippen LogP contribution in [0.3, 0.4) is 0 Å². The first-order chi connectivity index (χ1) is 11.4. The van der Waals surface area contributed by atoms with Crippen molar-refractivity contribution in [2.24, 2.45) is 0 Å². The Morgan fingerprint density at radius 2 is 2.00 bits per heavy atom. The molecule has 2 amide bonds. The molecular weight excluding hydrogens is 318 g/mol. The molecule has 0 spiro atoms. The highest BCUT2D eigenvalue weighted by atomic mass is 16.6. The second-order valence-electron chi connectivity index (χ2n) is 4.74. The molecule has 0 heterocycles. The van der Waals surface area contributed by atoms with E-state index < -0.39 is 10.8 Å². The van der Waals surface area contributed by atoms with Gasteiger partial charge in [-0.25, -0.2) is 0 Å². The van der Waals surface area contributed by atoms with E-state index >= 15 is 0 Å². The molecule has 0 aliphatic rings. The van der Waals surface area contributed by atoms with E-state index in [1.54, 1.807) is 13.8 Å². The Hall–Kier alpha value is -2.84. The molecule has 1 rings (SSSR count). The molecule has 0 bridgehead atoms. The molecule has 24 heavy (non-hydrogen) atoms. The number of benzene rings is 1. The van der Waals surface area contributed by atoms with Crippen molar-refractivity contribution < 1.29 is 24.0 Å². The van der Waals surface area contributed by atoms with Gasteiger partial charge in [-0.3, -0.25) is 19.7 Å². The predicted molar refractivity (Wildman–Crippen MR) is 86.1 cm³/mol. The summed E-state index contributed by atoms with van der Waals surface area (Å²) in [6, 6.07) is 3.86. The second kappa shape index (κ2) is 9.33. The van der Waals surface area contributed by atoms with Crippen molar-refractivity contribution in [1.29, 1.82) is 0 Å². The van der Waals surface area contributed by atoms with E-state index in [0.29, 0.717) is 13.1 Å². The number of carbonyl (C=O) groups is 2. The van der Waals surface area contributed by atoms with Crippen LogP contribution >= 0.6 is 0 Å². The van der Waals surface area contributed by atoms with Crippen LogP contribution in [0.2, 0.25) is 0 Å². The fourth-order valence-electron chi connectivity index (χ4n) is 1.93. The number of nitro groups is 1. The van der Waals surface area contributed by atoms with Crippen molar-refractivity contribution in [3.63, 3.8) is 0 Å². The molecule has 1 N–H and O–H groups in total. The van der Waals surface area contributed by atoms with Crippen molar-refractivity contribution in [3.8, 4) is 11.5 Å². The highest BCUT2D eigenvalue weighted by molar-refractivity contribution is 5.85. The van der Waals surface area contributed by atoms with Crippen LogP contribution in [0, 0.1) is 10.1 Å². The summed E-state index contributed by atoms with van der Waals surface area (Å²) in [6.45, 7) is 3.92. The van der Waals surface area contributed by atoms with Gasteiger partial charge >= 0.3 is 0 Å². The Bertz CT molecular complexity index is 605. The van der Waals surface area contributed by atoms with E-state index in [1.165, 1.54) is 30.2 Å². The van der Waals surface area contributed by atoms with Crippen LogP contribution in [0.25, 0.3) is 0 Å². The number of likely N-dealkylation sites (N-methyl/N-ethyl adjacent to an activating group) is 2. The van der Waals surface area contributed by atoms with Crippen molar-refractivity contribution >= 4 is 17.5 Å². The molecule has 0 aliphatic carbocycles. The summed E-state index contributed by atoms with van der Waals surface area (Å²) in [4.78, 5) is 35.3. The summed E-state index contributed by atoms with van der Waals surface area (Å²) in [5, 5.41) is 13.4. The summed E-state index contributed by atoms with van der Waals surface area (Å²) in [5.74, 6) is -0.299. The monoisotopic (exact) mass is 339 g/mol. The first-order valence-electron chi connectivity index (χ1n) is 7.42. The lowest BCUT2D eigenvalue weighted by atomic mass is 10.3. The van der Waals surface area contributed by atoms with E-state index in [1.807, 2.05) is 0 Å². The molecule has 9 nitrogen and oxygen atoms in total. The third kappa shape index (κ3) is 5.41. The number of carbonyl (C=O) groups excluding carboxylic acids is 2. The molecule has 0 saturated heterocycles. The summed E-state index contributed by atoms with van der Waals surface area (Å²) >= 11 is 0. The van der Waals surface area contributed by atoms with Crippen LogP contribution in [0.5, 0.6) is 11.5 Å². The van der Waals surface area contributed by atoms with Crippen molar-refractivity contribution in [3.05, 3.63) is 28.3 Å². The van der Waals surface area contributed by atoms with E-state index in [9.17, 15) is 19.7 Å². The van der Waals surface area contributed by atoms with Gasteiger partial charge in [0.05, 0.1) is 24.6 Å². The van der Waals surface area contributed by atoms with Gasteiger partial charge in [0.15, 0.2) is 18.1 Å². The van der Waals surface area contributed by atoms with Crippen LogP contribution < -0.4 is 14.8 Å². The highest BCUT2D eigenvalue weighted by Crippen LogP contribution is 2.31. The van der Waals surface area contributed by atoms with Gasteiger partial charge in [0.1, 0.15) is 0 Å². The SMILES string of the molecule is CCNC(=O)CN(CC)C(=O)COc1cc([N+](=O)[O-])ccc1OC. The maximum atomic E-state index is 12.2. The first-order valence-corrected chi connectivity index (χ1v) is 7.42. The topological polar surface area (TPSA) is 111 Å². The summed E-state index contributed by atoms with van der Waals surface area (Å²) in [6.07, 6.45) is 0. The molecule has 0 radical (unpaired) electrons. The van der Waals surface area contributed by atoms with Crippen LogP contribution in [-0.4, -0.2) is 55.0 Å². The Balaban J connectivity index is 2.76. The first kappa shape index (κ1) is 19.2. The van der Waals surface area contributed by atoms with Gasteiger partial charge < -0.3 is 19.7 Å². The van der Waals surface area contributed by atoms with E-state index in [-0.39, 0.29) is 36.2 Å². The normalized spacial score (nSPS) is 9.96. The molecule has 0 aromatic heterocycles. The van der Waals surface area contributed by atoms with Crippen molar-refractivity contribution in [2.75, 3.05) is 33.4 Å². The average Bonchev–Trinajstić information content (AvgIpc) is 2.57. The van der Waals surface area contributed by atoms with Crippen molar-refractivity contribution in [1.82, 2.24) is 10.2 Å². The third-order valence-corrected chi connectivity index (χ3v) is 3.15. The number of nitrogens with one attached hydrogen (secondary N) is 1. The van der Waals surface area contributed by atoms with Crippen molar-refractivity contribution in [2.45, 2.75) is 13.8 Å². The van der Waals surface area contributed by atoms with Gasteiger partial charge in [0.2, 0.25) is 5.91 Å². The Kier molecular flexibility index (Phi) is 7.47. The van der Waals surface area contributed by atoms with E-state index in [4.69, 9.17) is 9.47 Å². The lowest BCUT2D eigenvalue weighted by molar-refractivity contribution is -0.385. The number of hydrogen-bond donors (Lipinski definition) is 1. The molecular formula is C15H21N3O6. The van der Waals surface area contributed by atoms with Gasteiger partial charge in [-0.05, 0) is 19.9 Å². The van der Waals surface area contributed by atoms with Crippen LogP contribution in [0.15, 0.2) is 18.2 Å². The number of hydrogen-bond acceptors (Lipinski definition) is 6. The minimum atomic E-state index is -0.568. The number of rotatable bonds is 9. The molecule has 0 saturated carbocycles. The van der Waals surface area contributed by atoms with Crippen LogP contribution in [-0.2, 0) is 9.59 Å². The third-order valence-electron chi connectivity index (χ3n) is 3.15. The summed E-state index contributed by atoms with van der Waals surface area (Å²) in [5.41, 5.74) is -0.173. The number of amides is 2. The van der Waals surface area contributed by atoms with Crippen LogP contribution in [0.4, 0.5) is 5.69 Å². The van der Waals surface area contributed by atoms with E-state index in [2.05, 4.69) is 5.32 Å².